The Balaban J connectivity index is 1.10. The summed E-state index contributed by atoms with van der Waals surface area (Å²) in [6.45, 7) is 9.24. The molecule has 0 fully saturated rings. The molecule has 0 heterocycles. The topological polar surface area (TPSA) is 132 Å². The summed E-state index contributed by atoms with van der Waals surface area (Å²) in [6, 6.07) is 37.7. The number of unbranched alkanes of at least 4 members (excludes halogenated alkanes) is 2. The quantitative estimate of drug-likeness (QED) is 0.0359. The third-order valence-electron chi connectivity index (χ3n) is 11.8. The zero-order chi connectivity index (χ0) is 47.2. The minimum Gasteiger partial charge on any atom is -0.494 e. The van der Waals surface area contributed by atoms with Crippen molar-refractivity contribution in [1.29, 1.82) is 0 Å². The van der Waals surface area contributed by atoms with Crippen molar-refractivity contribution in [3.63, 3.8) is 0 Å². The lowest BCUT2D eigenvalue weighted by Gasteiger charge is -2.26. The molecule has 0 aromatic heterocycles. The Hall–Kier alpha value is -6.46. The van der Waals surface area contributed by atoms with Crippen molar-refractivity contribution >= 4 is 23.9 Å². The molecule has 6 rings (SSSR count). The number of benzene rings is 5. The Morgan fingerprint density at radius 3 is 1.83 bits per heavy atom. The molecule has 4 atom stereocenters. The minimum atomic E-state index is -1.10. The summed E-state index contributed by atoms with van der Waals surface area (Å²) in [4.78, 5) is 55.4. The predicted octanol–water partition coefficient (Wildman–Crippen LogP) is 9.07. The molecule has 11 nitrogen and oxygen atoms in total. The number of nitrogens with zero attached hydrogens (tertiary/aromatic N) is 1. The lowest BCUT2D eigenvalue weighted by atomic mass is 9.98. The molecule has 5 aromatic carbocycles. The average Bonchev–Trinajstić information content (AvgIpc) is 3.61. The van der Waals surface area contributed by atoms with E-state index < -0.39 is 48.1 Å². The number of amides is 3. The maximum Gasteiger partial charge on any atom is 0.407 e. The number of rotatable bonds is 22. The normalized spacial score (nSPS) is 13.9. The van der Waals surface area contributed by atoms with Gasteiger partial charge in [0.1, 0.15) is 30.5 Å². The fraction of sp³-hybridized carbons (Fsp3) is 0.382. The van der Waals surface area contributed by atoms with Crippen molar-refractivity contribution in [3.05, 3.63) is 161 Å². The van der Waals surface area contributed by atoms with E-state index in [2.05, 4.69) is 49.2 Å². The van der Waals surface area contributed by atoms with Crippen LogP contribution in [0.1, 0.15) is 91.9 Å². The van der Waals surface area contributed by atoms with Gasteiger partial charge >= 0.3 is 12.1 Å². The van der Waals surface area contributed by atoms with Gasteiger partial charge in [-0.1, -0.05) is 135 Å². The molecule has 0 bridgehead atoms. The highest BCUT2D eigenvalue weighted by molar-refractivity contribution is 5.93. The van der Waals surface area contributed by atoms with Crippen molar-refractivity contribution in [2.75, 3.05) is 40.9 Å². The molecular weight excluding hydrogens is 829 g/mol. The SMILES string of the molecule is Cc1ccc(C(OC(=O)C(Cc2ccccc2)NC(=O)C(C)NC(=O)C(CC(C)C)NC(=O)OCC2c3ccccc3-c3ccccc32)c2ccc(OCCCCC[N+](C)(C)C)cc2)cc1. The van der Waals surface area contributed by atoms with E-state index in [4.69, 9.17) is 14.2 Å². The third-order valence-corrected chi connectivity index (χ3v) is 11.8. The second-order valence-corrected chi connectivity index (χ2v) is 18.9. The highest BCUT2D eigenvalue weighted by atomic mass is 16.6. The second kappa shape index (κ2) is 23.1. The molecule has 11 heteroatoms. The fourth-order valence-electron chi connectivity index (χ4n) is 8.27. The van der Waals surface area contributed by atoms with Gasteiger partial charge in [-0.05, 0) is 96.5 Å². The average molecular weight is 896 g/mol. The summed E-state index contributed by atoms with van der Waals surface area (Å²) >= 11 is 0. The van der Waals surface area contributed by atoms with Crippen molar-refractivity contribution in [3.8, 4) is 16.9 Å². The summed E-state index contributed by atoms with van der Waals surface area (Å²) in [5, 5.41) is 8.39. The van der Waals surface area contributed by atoms with Gasteiger partial charge in [-0.3, -0.25) is 9.59 Å². The zero-order valence-electron chi connectivity index (χ0n) is 39.6. The van der Waals surface area contributed by atoms with Gasteiger partial charge < -0.3 is 34.6 Å². The number of alkyl carbamates (subject to hydrolysis) is 1. The van der Waals surface area contributed by atoms with Crippen molar-refractivity contribution in [2.24, 2.45) is 5.92 Å². The second-order valence-electron chi connectivity index (χ2n) is 18.9. The molecule has 4 unspecified atom stereocenters. The Kier molecular flexibility index (Phi) is 17.2. The Labute approximate surface area is 390 Å². The van der Waals surface area contributed by atoms with Crippen LogP contribution in [0.2, 0.25) is 0 Å². The highest BCUT2D eigenvalue weighted by Gasteiger charge is 2.33. The van der Waals surface area contributed by atoms with Gasteiger partial charge in [-0.2, -0.15) is 0 Å². The molecule has 1 aliphatic rings. The maximum atomic E-state index is 14.3. The Bertz CT molecular complexity index is 2330. The Morgan fingerprint density at radius 1 is 0.636 bits per heavy atom. The van der Waals surface area contributed by atoms with Crippen LogP contribution in [0.25, 0.3) is 11.1 Å². The highest BCUT2D eigenvalue weighted by Crippen LogP contribution is 2.44. The number of nitrogens with one attached hydrogen (secondary N) is 3. The first kappa shape index (κ1) is 49.0. The van der Waals surface area contributed by atoms with E-state index >= 15 is 0 Å². The van der Waals surface area contributed by atoms with E-state index in [1.54, 1.807) is 6.92 Å². The van der Waals surface area contributed by atoms with Crippen molar-refractivity contribution in [2.45, 2.75) is 89.9 Å². The summed E-state index contributed by atoms with van der Waals surface area (Å²) in [7, 11) is 6.59. The predicted molar refractivity (Wildman–Crippen MR) is 259 cm³/mol. The van der Waals surface area contributed by atoms with Crippen molar-refractivity contribution in [1.82, 2.24) is 16.0 Å². The number of aryl methyl sites for hydroxylation is 1. The van der Waals surface area contributed by atoms with Crippen LogP contribution in [0.5, 0.6) is 5.75 Å². The lowest BCUT2D eigenvalue weighted by Crippen LogP contribution is -2.55. The summed E-state index contributed by atoms with van der Waals surface area (Å²) in [6.07, 6.45) is 2.12. The Morgan fingerprint density at radius 2 is 1.23 bits per heavy atom. The monoisotopic (exact) mass is 896 g/mol. The molecule has 348 valence electrons. The first-order valence-corrected chi connectivity index (χ1v) is 23.2. The molecule has 0 aliphatic heterocycles. The smallest absolute Gasteiger partial charge is 0.407 e. The third kappa shape index (κ3) is 14.0. The van der Waals surface area contributed by atoms with Crippen LogP contribution in [0.15, 0.2) is 127 Å². The fourth-order valence-corrected chi connectivity index (χ4v) is 8.27. The molecule has 0 saturated heterocycles. The summed E-state index contributed by atoms with van der Waals surface area (Å²) < 4.78 is 19.1. The van der Waals surface area contributed by atoms with Gasteiger partial charge in [0.15, 0.2) is 6.10 Å². The molecule has 0 saturated carbocycles. The van der Waals surface area contributed by atoms with Gasteiger partial charge in [-0.25, -0.2) is 9.59 Å². The number of carbonyl (C=O) groups excluding carboxylic acids is 4. The maximum absolute atomic E-state index is 14.3. The zero-order valence-corrected chi connectivity index (χ0v) is 39.6. The van der Waals surface area contributed by atoms with Crippen LogP contribution in [0, 0.1) is 12.8 Å². The first-order valence-electron chi connectivity index (χ1n) is 23.2. The van der Waals surface area contributed by atoms with Crippen LogP contribution in [0.3, 0.4) is 0 Å². The van der Waals surface area contributed by atoms with Crippen LogP contribution in [-0.4, -0.2) is 87.4 Å². The number of fused-ring (bicyclic) bond motifs is 3. The van der Waals surface area contributed by atoms with E-state index in [9.17, 15) is 19.2 Å². The van der Waals surface area contributed by atoms with E-state index in [0.29, 0.717) is 13.0 Å². The summed E-state index contributed by atoms with van der Waals surface area (Å²) in [5.41, 5.74) is 7.76. The van der Waals surface area contributed by atoms with E-state index in [1.807, 2.05) is 136 Å². The van der Waals surface area contributed by atoms with Crippen LogP contribution in [-0.2, 0) is 30.3 Å². The number of carbonyl (C=O) groups is 4. The minimum absolute atomic E-state index is 0.0295. The molecule has 0 spiro atoms. The van der Waals surface area contributed by atoms with E-state index in [0.717, 1.165) is 80.5 Å². The molecule has 3 amide bonds. The van der Waals surface area contributed by atoms with Gasteiger partial charge in [-0.15, -0.1) is 0 Å². The van der Waals surface area contributed by atoms with Crippen LogP contribution in [0.4, 0.5) is 4.79 Å². The van der Waals surface area contributed by atoms with Gasteiger partial charge in [0, 0.05) is 12.3 Å². The molecule has 3 N–H and O–H groups in total. The molecule has 5 aromatic rings. The lowest BCUT2D eigenvalue weighted by molar-refractivity contribution is -0.870. The largest absolute Gasteiger partial charge is 0.494 e. The number of ether oxygens (including phenoxy) is 3. The van der Waals surface area contributed by atoms with E-state index in [1.165, 1.54) is 0 Å². The van der Waals surface area contributed by atoms with Gasteiger partial charge in [0.25, 0.3) is 0 Å². The van der Waals surface area contributed by atoms with Crippen LogP contribution < -0.4 is 20.7 Å². The van der Waals surface area contributed by atoms with Crippen molar-refractivity contribution < 1.29 is 37.9 Å². The molecular formula is C55H67N4O7+. The van der Waals surface area contributed by atoms with Crippen LogP contribution >= 0.6 is 0 Å². The van der Waals surface area contributed by atoms with E-state index in [-0.39, 0.29) is 24.9 Å². The molecule has 1 aliphatic carbocycles. The number of quaternary nitrogens is 1. The number of hydrogen-bond acceptors (Lipinski definition) is 7. The number of hydrogen-bond donors (Lipinski definition) is 3. The summed E-state index contributed by atoms with van der Waals surface area (Å²) in [5.74, 6) is -1.16. The molecule has 66 heavy (non-hydrogen) atoms. The standard InChI is InChI=1S/C55H66N4O7/c1-37(2)34-49(58-55(63)65-36-48-46-22-14-12-20-44(46)45-21-13-15-23-47(45)48)53(61)56-39(4)52(60)57-50(35-40-18-10-8-11-19-40)54(62)66-51(41-26-24-38(3)25-27-41)42-28-30-43(31-29-42)64-33-17-9-16-32-59(5,6)7/h8,10-15,18-31,37,39,48-51H,9,16-17,32-36H2,1-7H3,(H2-,56,57,58,60,61,63)/p+1. The first-order chi connectivity index (χ1) is 31.6. The molecule has 0 radical (unpaired) electrons. The van der Waals surface area contributed by atoms with Gasteiger partial charge in [0.05, 0.1) is 34.3 Å². The van der Waals surface area contributed by atoms with Gasteiger partial charge in [0.2, 0.25) is 11.8 Å². The number of esters is 1.